The number of anilines is 1. The summed E-state index contributed by atoms with van der Waals surface area (Å²) in [4.78, 5) is 32.0. The Kier molecular flexibility index (Phi) is 3.64. The number of benzene rings is 2. The van der Waals surface area contributed by atoms with Crippen molar-refractivity contribution in [2.75, 3.05) is 4.90 Å². The molecule has 0 fully saturated rings. The van der Waals surface area contributed by atoms with Crippen molar-refractivity contribution >= 4 is 22.5 Å². The summed E-state index contributed by atoms with van der Waals surface area (Å²) in [6.07, 6.45) is 0.839. The zero-order chi connectivity index (χ0) is 17.6. The van der Waals surface area contributed by atoms with Gasteiger partial charge >= 0.3 is 0 Å². The lowest BCUT2D eigenvalue weighted by atomic mass is 10.1. The number of fused-ring (bicyclic) bond motifs is 2. The molecule has 0 N–H and O–H groups in total. The minimum Gasteiger partial charge on any atom is -0.307 e. The van der Waals surface area contributed by atoms with Crippen LogP contribution in [0, 0.1) is 6.92 Å². The molecule has 0 aliphatic carbocycles. The SMILES string of the molecule is Cc1nc2ccccc2c(=O)n1CC(=O)N1c2ccccc2C[C@@H]1C. The summed E-state index contributed by atoms with van der Waals surface area (Å²) in [5.41, 5.74) is 2.61. The Labute approximate surface area is 145 Å². The van der Waals surface area contributed by atoms with Crippen molar-refractivity contribution in [3.8, 4) is 0 Å². The van der Waals surface area contributed by atoms with E-state index in [9.17, 15) is 9.59 Å². The summed E-state index contributed by atoms with van der Waals surface area (Å²) in [5, 5.41) is 0.538. The van der Waals surface area contributed by atoms with Crippen molar-refractivity contribution in [3.05, 3.63) is 70.3 Å². The van der Waals surface area contributed by atoms with Gasteiger partial charge < -0.3 is 4.90 Å². The van der Waals surface area contributed by atoms with E-state index in [-0.39, 0.29) is 24.1 Å². The maximum Gasteiger partial charge on any atom is 0.261 e. The Morgan fingerprint density at radius 3 is 2.72 bits per heavy atom. The second kappa shape index (κ2) is 5.84. The first-order valence-corrected chi connectivity index (χ1v) is 8.42. The molecule has 0 saturated carbocycles. The van der Waals surface area contributed by atoms with Gasteiger partial charge in [0.25, 0.3) is 5.56 Å². The summed E-state index contributed by atoms with van der Waals surface area (Å²) >= 11 is 0. The molecular formula is C20H19N3O2. The van der Waals surface area contributed by atoms with E-state index in [1.807, 2.05) is 49.4 Å². The number of aryl methyl sites for hydroxylation is 1. The molecular weight excluding hydrogens is 314 g/mol. The van der Waals surface area contributed by atoms with Crippen molar-refractivity contribution in [3.63, 3.8) is 0 Å². The minimum atomic E-state index is -0.170. The third kappa shape index (κ3) is 2.52. The molecule has 3 aromatic rings. The maximum atomic E-state index is 13.0. The van der Waals surface area contributed by atoms with Crippen LogP contribution >= 0.6 is 0 Å². The fourth-order valence-electron chi connectivity index (χ4n) is 3.62. The fourth-order valence-corrected chi connectivity index (χ4v) is 3.62. The first-order chi connectivity index (χ1) is 12.1. The molecule has 4 rings (SSSR count). The smallest absolute Gasteiger partial charge is 0.261 e. The maximum absolute atomic E-state index is 13.0. The molecule has 0 saturated heterocycles. The lowest BCUT2D eigenvalue weighted by molar-refractivity contribution is -0.119. The van der Waals surface area contributed by atoms with E-state index in [1.165, 1.54) is 10.1 Å². The zero-order valence-corrected chi connectivity index (χ0v) is 14.3. The first kappa shape index (κ1) is 15.6. The van der Waals surface area contributed by atoms with Crippen LogP contribution in [0.15, 0.2) is 53.3 Å². The largest absolute Gasteiger partial charge is 0.307 e. The zero-order valence-electron chi connectivity index (χ0n) is 14.3. The monoisotopic (exact) mass is 333 g/mol. The van der Waals surface area contributed by atoms with Gasteiger partial charge in [0.2, 0.25) is 5.91 Å². The summed E-state index contributed by atoms with van der Waals surface area (Å²) < 4.78 is 1.47. The summed E-state index contributed by atoms with van der Waals surface area (Å²) in [6.45, 7) is 3.80. The quantitative estimate of drug-likeness (QED) is 0.724. The van der Waals surface area contributed by atoms with E-state index in [4.69, 9.17) is 0 Å². The van der Waals surface area contributed by atoms with Gasteiger partial charge in [-0.1, -0.05) is 30.3 Å². The summed E-state index contributed by atoms with van der Waals surface area (Å²) in [6, 6.07) is 15.3. The van der Waals surface area contributed by atoms with Crippen molar-refractivity contribution < 1.29 is 4.79 Å². The molecule has 5 heteroatoms. The second-order valence-electron chi connectivity index (χ2n) is 6.51. The molecule has 1 aliphatic rings. The Balaban J connectivity index is 1.73. The third-order valence-electron chi connectivity index (χ3n) is 4.82. The highest BCUT2D eigenvalue weighted by atomic mass is 16.2. The van der Waals surface area contributed by atoms with E-state index in [0.717, 1.165) is 12.1 Å². The van der Waals surface area contributed by atoms with Gasteiger partial charge in [-0.25, -0.2) is 4.98 Å². The van der Waals surface area contributed by atoms with Crippen LogP contribution < -0.4 is 10.5 Å². The Hall–Kier alpha value is -2.95. The van der Waals surface area contributed by atoms with Crippen molar-refractivity contribution in [1.29, 1.82) is 0 Å². The molecule has 1 aliphatic heterocycles. The molecule has 5 nitrogen and oxygen atoms in total. The van der Waals surface area contributed by atoms with Crippen molar-refractivity contribution in [1.82, 2.24) is 9.55 Å². The summed E-state index contributed by atoms with van der Waals surface area (Å²) in [5.74, 6) is 0.469. The van der Waals surface area contributed by atoms with Gasteiger partial charge in [0.05, 0.1) is 10.9 Å². The number of rotatable bonds is 2. The Morgan fingerprint density at radius 1 is 1.16 bits per heavy atom. The number of hydrogen-bond acceptors (Lipinski definition) is 3. The number of hydrogen-bond donors (Lipinski definition) is 0. The van der Waals surface area contributed by atoms with Crippen LogP contribution in [0.1, 0.15) is 18.3 Å². The molecule has 0 spiro atoms. The normalized spacial score (nSPS) is 16.2. The Bertz CT molecular complexity index is 1040. The van der Waals surface area contributed by atoms with Gasteiger partial charge in [0.15, 0.2) is 0 Å². The van der Waals surface area contributed by atoms with Crippen LogP contribution in [-0.4, -0.2) is 21.5 Å². The fraction of sp³-hybridized carbons (Fsp3) is 0.250. The van der Waals surface area contributed by atoms with E-state index < -0.39 is 0 Å². The predicted molar refractivity (Wildman–Crippen MR) is 97.8 cm³/mol. The number of para-hydroxylation sites is 2. The lowest BCUT2D eigenvalue weighted by Crippen LogP contribution is -2.40. The van der Waals surface area contributed by atoms with Gasteiger partial charge in [-0.2, -0.15) is 0 Å². The Morgan fingerprint density at radius 2 is 1.88 bits per heavy atom. The van der Waals surface area contributed by atoms with E-state index in [2.05, 4.69) is 4.98 Å². The van der Waals surface area contributed by atoms with Gasteiger partial charge in [-0.3, -0.25) is 14.2 Å². The van der Waals surface area contributed by atoms with Gasteiger partial charge in [0.1, 0.15) is 12.4 Å². The number of amides is 1. The molecule has 0 radical (unpaired) electrons. The lowest BCUT2D eigenvalue weighted by Gasteiger charge is -2.23. The number of carbonyl (C=O) groups excluding carboxylic acids is 1. The number of aromatic nitrogens is 2. The van der Waals surface area contributed by atoms with E-state index in [1.54, 1.807) is 17.9 Å². The van der Waals surface area contributed by atoms with Crippen LogP contribution in [0.2, 0.25) is 0 Å². The van der Waals surface area contributed by atoms with Crippen LogP contribution in [-0.2, 0) is 17.8 Å². The molecule has 0 bridgehead atoms. The number of nitrogens with zero attached hydrogens (tertiary/aromatic N) is 3. The molecule has 126 valence electrons. The van der Waals surface area contributed by atoms with Gasteiger partial charge in [-0.05, 0) is 44.0 Å². The van der Waals surface area contributed by atoms with Crippen LogP contribution in [0.25, 0.3) is 10.9 Å². The second-order valence-corrected chi connectivity index (χ2v) is 6.51. The van der Waals surface area contributed by atoms with Crippen LogP contribution in [0.4, 0.5) is 5.69 Å². The topological polar surface area (TPSA) is 55.2 Å². The van der Waals surface area contributed by atoms with Gasteiger partial charge in [-0.15, -0.1) is 0 Å². The molecule has 2 aromatic carbocycles. The average molecular weight is 333 g/mol. The van der Waals surface area contributed by atoms with E-state index in [0.29, 0.717) is 16.7 Å². The minimum absolute atomic E-state index is 0.00117. The van der Waals surface area contributed by atoms with Crippen LogP contribution in [0.3, 0.4) is 0 Å². The van der Waals surface area contributed by atoms with Crippen molar-refractivity contribution in [2.45, 2.75) is 32.9 Å². The molecule has 1 aromatic heterocycles. The molecule has 1 atom stereocenters. The van der Waals surface area contributed by atoms with Gasteiger partial charge in [0, 0.05) is 11.7 Å². The third-order valence-corrected chi connectivity index (χ3v) is 4.82. The summed E-state index contributed by atoms with van der Waals surface area (Å²) in [7, 11) is 0. The molecule has 0 unspecified atom stereocenters. The van der Waals surface area contributed by atoms with E-state index >= 15 is 0 Å². The van der Waals surface area contributed by atoms with Crippen LogP contribution in [0.5, 0.6) is 0 Å². The molecule has 25 heavy (non-hydrogen) atoms. The molecule has 1 amide bonds. The number of carbonyl (C=O) groups is 1. The molecule has 2 heterocycles. The first-order valence-electron chi connectivity index (χ1n) is 8.42. The highest BCUT2D eigenvalue weighted by molar-refractivity contribution is 5.96. The highest BCUT2D eigenvalue weighted by Crippen LogP contribution is 2.31. The standard InChI is InChI=1S/C20H19N3O2/c1-13-11-15-7-3-6-10-18(15)23(13)19(24)12-22-14(2)21-17-9-5-4-8-16(17)20(22)25/h3-10,13H,11-12H2,1-2H3/t13-/m0/s1. The highest BCUT2D eigenvalue weighted by Gasteiger charge is 2.30. The van der Waals surface area contributed by atoms with Crippen molar-refractivity contribution in [2.24, 2.45) is 0 Å². The predicted octanol–water partition coefficient (Wildman–Crippen LogP) is 2.68. The average Bonchev–Trinajstić information content (AvgIpc) is 2.94.